The van der Waals surface area contributed by atoms with Gasteiger partial charge in [0.25, 0.3) is 0 Å². The molecule has 1 N–H and O–H groups in total. The molecule has 9 aromatic carbocycles. The molecule has 266 valence electrons. The maximum Gasteiger partial charge on any atom is 0.0541 e. The standard InChI is InChI=1S/C54H35N3/c1-3-13-35(14-4-1)39-29-40(36-15-5-2-6-16-36)31-42(30-39)57-52-22-12-9-19-45(52)48-33-38(24-28-54(48)57)37-23-27-53-47(32-37)44-18-8-11-21-51(44)56(53)41-25-26-50-46(34-41)43-17-7-10-20-49(43)55-50/h1-34,55H. The molecule has 0 bridgehead atoms. The van der Waals surface area contributed by atoms with Crippen molar-refractivity contribution in [3.8, 4) is 44.8 Å². The van der Waals surface area contributed by atoms with E-state index >= 15 is 0 Å². The molecule has 12 rings (SSSR count). The van der Waals surface area contributed by atoms with E-state index in [0.717, 1.165) is 22.4 Å². The molecule has 0 radical (unpaired) electrons. The van der Waals surface area contributed by atoms with Crippen LogP contribution >= 0.6 is 0 Å². The van der Waals surface area contributed by atoms with Crippen LogP contribution in [-0.4, -0.2) is 14.1 Å². The molecule has 0 amide bonds. The van der Waals surface area contributed by atoms with Crippen LogP contribution in [0.2, 0.25) is 0 Å². The van der Waals surface area contributed by atoms with Crippen molar-refractivity contribution < 1.29 is 0 Å². The van der Waals surface area contributed by atoms with Gasteiger partial charge in [-0.3, -0.25) is 0 Å². The quantitative estimate of drug-likeness (QED) is 0.183. The van der Waals surface area contributed by atoms with Gasteiger partial charge in [-0.1, -0.05) is 127 Å². The third kappa shape index (κ3) is 4.99. The van der Waals surface area contributed by atoms with Crippen molar-refractivity contribution in [1.29, 1.82) is 0 Å². The number of aromatic amines is 1. The Morgan fingerprint density at radius 3 is 1.32 bits per heavy atom. The SMILES string of the molecule is c1ccc(-c2cc(-c3ccccc3)cc(-n3c4ccccc4c4cc(-c5ccc6c(c5)c5ccccc5n6-c5ccc6[nH]c7ccccc7c6c5)ccc43)c2)cc1. The number of para-hydroxylation sites is 3. The zero-order valence-electron chi connectivity index (χ0n) is 31.0. The minimum absolute atomic E-state index is 1.15. The molecule has 57 heavy (non-hydrogen) atoms. The molecule has 0 aliphatic rings. The van der Waals surface area contributed by atoms with Crippen molar-refractivity contribution in [1.82, 2.24) is 14.1 Å². The van der Waals surface area contributed by atoms with Gasteiger partial charge in [-0.25, -0.2) is 0 Å². The van der Waals surface area contributed by atoms with E-state index in [1.807, 2.05) is 0 Å². The van der Waals surface area contributed by atoms with Crippen molar-refractivity contribution in [3.05, 3.63) is 206 Å². The Morgan fingerprint density at radius 2 is 0.719 bits per heavy atom. The molecule has 0 spiro atoms. The summed E-state index contributed by atoms with van der Waals surface area (Å²) in [5, 5.41) is 7.46. The maximum atomic E-state index is 3.59. The summed E-state index contributed by atoms with van der Waals surface area (Å²) in [6.07, 6.45) is 0. The van der Waals surface area contributed by atoms with Gasteiger partial charge in [0.15, 0.2) is 0 Å². The Hall–Kier alpha value is -7.62. The second-order valence-electron chi connectivity index (χ2n) is 15.1. The molecule has 0 unspecified atom stereocenters. The van der Waals surface area contributed by atoms with Gasteiger partial charge in [-0.15, -0.1) is 0 Å². The van der Waals surface area contributed by atoms with E-state index in [1.165, 1.54) is 87.8 Å². The van der Waals surface area contributed by atoms with Crippen LogP contribution in [0.3, 0.4) is 0 Å². The predicted octanol–water partition coefficient (Wildman–Crippen LogP) is 14.5. The highest BCUT2D eigenvalue weighted by atomic mass is 15.0. The molecule has 0 saturated heterocycles. The molecular formula is C54H35N3. The summed E-state index contributed by atoms with van der Waals surface area (Å²) in [4.78, 5) is 3.59. The van der Waals surface area contributed by atoms with Crippen LogP contribution < -0.4 is 0 Å². The highest BCUT2D eigenvalue weighted by molar-refractivity contribution is 6.13. The summed E-state index contributed by atoms with van der Waals surface area (Å²) in [7, 11) is 0. The molecule has 0 aliphatic carbocycles. The number of aromatic nitrogens is 3. The number of hydrogen-bond acceptors (Lipinski definition) is 0. The van der Waals surface area contributed by atoms with Gasteiger partial charge in [0.1, 0.15) is 0 Å². The first-order valence-electron chi connectivity index (χ1n) is 19.6. The van der Waals surface area contributed by atoms with E-state index in [1.54, 1.807) is 0 Å². The smallest absolute Gasteiger partial charge is 0.0541 e. The first-order valence-corrected chi connectivity index (χ1v) is 19.6. The van der Waals surface area contributed by atoms with E-state index in [9.17, 15) is 0 Å². The monoisotopic (exact) mass is 725 g/mol. The molecule has 3 heterocycles. The molecule has 0 saturated carbocycles. The molecule has 3 heteroatoms. The molecule has 0 fully saturated rings. The van der Waals surface area contributed by atoms with Gasteiger partial charge < -0.3 is 14.1 Å². The zero-order chi connectivity index (χ0) is 37.5. The van der Waals surface area contributed by atoms with Crippen molar-refractivity contribution in [3.63, 3.8) is 0 Å². The normalized spacial score (nSPS) is 11.9. The van der Waals surface area contributed by atoms with Gasteiger partial charge in [0.2, 0.25) is 0 Å². The average Bonchev–Trinajstić information content (AvgIpc) is 3.94. The fourth-order valence-corrected chi connectivity index (χ4v) is 9.17. The van der Waals surface area contributed by atoms with Crippen LogP contribution in [0.1, 0.15) is 0 Å². The fourth-order valence-electron chi connectivity index (χ4n) is 9.17. The van der Waals surface area contributed by atoms with Crippen LogP contribution in [0, 0.1) is 0 Å². The van der Waals surface area contributed by atoms with Gasteiger partial charge in [0, 0.05) is 54.7 Å². The van der Waals surface area contributed by atoms with Crippen LogP contribution in [-0.2, 0) is 0 Å². The van der Waals surface area contributed by atoms with Crippen LogP contribution in [0.25, 0.3) is 110 Å². The largest absolute Gasteiger partial charge is 0.355 e. The number of H-pyrrole nitrogens is 1. The van der Waals surface area contributed by atoms with Crippen LogP contribution in [0.4, 0.5) is 0 Å². The second-order valence-corrected chi connectivity index (χ2v) is 15.1. The van der Waals surface area contributed by atoms with E-state index in [-0.39, 0.29) is 0 Å². The lowest BCUT2D eigenvalue weighted by Gasteiger charge is -2.14. The molecule has 3 aromatic heterocycles. The third-order valence-corrected chi connectivity index (χ3v) is 11.8. The summed E-state index contributed by atoms with van der Waals surface area (Å²) < 4.78 is 4.86. The number of nitrogens with one attached hydrogen (secondary N) is 1. The van der Waals surface area contributed by atoms with Gasteiger partial charge in [0.05, 0.1) is 22.1 Å². The fraction of sp³-hybridized carbons (Fsp3) is 0. The van der Waals surface area contributed by atoms with Gasteiger partial charge in [-0.05, 0) is 112 Å². The summed E-state index contributed by atoms with van der Waals surface area (Å²) in [5.74, 6) is 0. The molecule has 0 aliphatic heterocycles. The number of nitrogens with zero attached hydrogens (tertiary/aromatic N) is 2. The summed E-state index contributed by atoms with van der Waals surface area (Å²) in [6.45, 7) is 0. The predicted molar refractivity (Wildman–Crippen MR) is 241 cm³/mol. The molecule has 0 atom stereocenters. The van der Waals surface area contributed by atoms with E-state index in [0.29, 0.717) is 0 Å². The van der Waals surface area contributed by atoms with Gasteiger partial charge in [-0.2, -0.15) is 0 Å². The molecular weight excluding hydrogens is 691 g/mol. The minimum atomic E-state index is 1.15. The second kappa shape index (κ2) is 12.5. The van der Waals surface area contributed by atoms with Crippen molar-refractivity contribution in [2.24, 2.45) is 0 Å². The van der Waals surface area contributed by atoms with Crippen molar-refractivity contribution >= 4 is 65.4 Å². The number of benzene rings is 9. The first-order chi connectivity index (χ1) is 28.2. The lowest BCUT2D eigenvalue weighted by molar-refractivity contribution is 1.18. The van der Waals surface area contributed by atoms with Crippen LogP contribution in [0.15, 0.2) is 206 Å². The highest BCUT2D eigenvalue weighted by Crippen LogP contribution is 2.40. The number of rotatable bonds is 5. The van der Waals surface area contributed by atoms with E-state index < -0.39 is 0 Å². The highest BCUT2D eigenvalue weighted by Gasteiger charge is 2.18. The molecule has 12 aromatic rings. The Morgan fingerprint density at radius 1 is 0.246 bits per heavy atom. The van der Waals surface area contributed by atoms with E-state index in [2.05, 4.69) is 220 Å². The van der Waals surface area contributed by atoms with Crippen molar-refractivity contribution in [2.45, 2.75) is 0 Å². The first kappa shape index (κ1) is 31.7. The Balaban J connectivity index is 1.03. The van der Waals surface area contributed by atoms with Gasteiger partial charge >= 0.3 is 0 Å². The molecule has 3 nitrogen and oxygen atoms in total. The number of hydrogen-bond donors (Lipinski definition) is 1. The Kier molecular flexibility index (Phi) is 6.93. The van der Waals surface area contributed by atoms with Crippen LogP contribution in [0.5, 0.6) is 0 Å². The Labute approximate surface area is 329 Å². The zero-order valence-corrected chi connectivity index (χ0v) is 31.0. The van der Waals surface area contributed by atoms with E-state index in [4.69, 9.17) is 0 Å². The summed E-state index contributed by atoms with van der Waals surface area (Å²) in [6, 6.07) is 75.3. The average molecular weight is 726 g/mol. The third-order valence-electron chi connectivity index (χ3n) is 11.8. The Bertz CT molecular complexity index is 3450. The summed E-state index contributed by atoms with van der Waals surface area (Å²) >= 11 is 0. The minimum Gasteiger partial charge on any atom is -0.355 e. The lowest BCUT2D eigenvalue weighted by atomic mass is 9.98. The maximum absolute atomic E-state index is 3.59. The number of fused-ring (bicyclic) bond motifs is 9. The topological polar surface area (TPSA) is 25.6 Å². The lowest BCUT2D eigenvalue weighted by Crippen LogP contribution is -1.96. The summed E-state index contributed by atoms with van der Waals surface area (Å²) in [5.41, 5.74) is 16.6. The van der Waals surface area contributed by atoms with Crippen molar-refractivity contribution in [2.75, 3.05) is 0 Å².